The number of H-pyrrole nitrogens is 1. The number of halogens is 1. The second kappa shape index (κ2) is 7.52. The molecule has 0 saturated carbocycles. The van der Waals surface area contributed by atoms with Crippen LogP contribution in [0.25, 0.3) is 16.5 Å². The molecule has 0 spiro atoms. The standard InChI is InChI=1S/C21H22ClN3O/c1-26-17-7-5-15(6-8-17)16-9-12-25(13-10-16)14-11-20-18-3-2-4-19(22)21(18)24-23-20/h2-9H,10-14H2,1H3,(H,23,24). The molecule has 0 amide bonds. The summed E-state index contributed by atoms with van der Waals surface area (Å²) in [6, 6.07) is 14.3. The van der Waals surface area contributed by atoms with Gasteiger partial charge in [-0.1, -0.05) is 41.9 Å². The normalized spacial score (nSPS) is 15.2. The smallest absolute Gasteiger partial charge is 0.118 e. The average molecular weight is 368 g/mol. The molecule has 2 heterocycles. The number of benzene rings is 2. The van der Waals surface area contributed by atoms with E-state index in [1.165, 1.54) is 11.1 Å². The number of nitrogens with one attached hydrogen (secondary N) is 1. The van der Waals surface area contributed by atoms with Gasteiger partial charge < -0.3 is 4.74 Å². The first-order valence-electron chi connectivity index (χ1n) is 8.92. The van der Waals surface area contributed by atoms with Crippen LogP contribution in [0.2, 0.25) is 5.02 Å². The van der Waals surface area contributed by atoms with E-state index in [4.69, 9.17) is 16.3 Å². The highest BCUT2D eigenvalue weighted by Gasteiger charge is 2.14. The Balaban J connectivity index is 1.38. The summed E-state index contributed by atoms with van der Waals surface area (Å²) in [5.74, 6) is 0.902. The van der Waals surface area contributed by atoms with Gasteiger partial charge >= 0.3 is 0 Å². The van der Waals surface area contributed by atoms with E-state index in [0.29, 0.717) is 5.02 Å². The molecule has 0 aliphatic carbocycles. The molecule has 1 aliphatic heterocycles. The molecule has 26 heavy (non-hydrogen) atoms. The van der Waals surface area contributed by atoms with Crippen LogP contribution in [0.1, 0.15) is 17.7 Å². The summed E-state index contributed by atoms with van der Waals surface area (Å²) < 4.78 is 5.23. The van der Waals surface area contributed by atoms with E-state index in [9.17, 15) is 0 Å². The third-order valence-corrected chi connectivity index (χ3v) is 5.35. The Morgan fingerprint density at radius 3 is 2.77 bits per heavy atom. The molecule has 2 aromatic carbocycles. The van der Waals surface area contributed by atoms with Gasteiger partial charge in [0.2, 0.25) is 0 Å². The van der Waals surface area contributed by atoms with Gasteiger partial charge in [0.15, 0.2) is 0 Å². The molecule has 0 unspecified atom stereocenters. The van der Waals surface area contributed by atoms with Crippen molar-refractivity contribution in [1.29, 1.82) is 0 Å². The zero-order valence-corrected chi connectivity index (χ0v) is 15.6. The van der Waals surface area contributed by atoms with Crippen molar-refractivity contribution in [2.24, 2.45) is 0 Å². The van der Waals surface area contributed by atoms with Crippen molar-refractivity contribution in [1.82, 2.24) is 15.1 Å². The second-order valence-electron chi connectivity index (χ2n) is 6.60. The van der Waals surface area contributed by atoms with Crippen molar-refractivity contribution >= 4 is 28.1 Å². The first kappa shape index (κ1) is 17.1. The maximum atomic E-state index is 6.20. The minimum atomic E-state index is 0.704. The van der Waals surface area contributed by atoms with Gasteiger partial charge in [-0.25, -0.2) is 0 Å². The number of aromatic amines is 1. The Bertz CT molecular complexity index is 930. The van der Waals surface area contributed by atoms with Crippen molar-refractivity contribution in [3.05, 3.63) is 64.8 Å². The number of rotatable bonds is 5. The first-order valence-corrected chi connectivity index (χ1v) is 9.29. The fourth-order valence-electron chi connectivity index (χ4n) is 3.50. The number of nitrogens with zero attached hydrogens (tertiary/aromatic N) is 2. The summed E-state index contributed by atoms with van der Waals surface area (Å²) in [7, 11) is 1.70. The highest BCUT2D eigenvalue weighted by Crippen LogP contribution is 2.26. The molecule has 0 bridgehead atoms. The van der Waals surface area contributed by atoms with E-state index in [2.05, 4.69) is 39.4 Å². The van der Waals surface area contributed by atoms with Crippen LogP contribution in [0, 0.1) is 0 Å². The second-order valence-corrected chi connectivity index (χ2v) is 7.00. The number of hydrogen-bond acceptors (Lipinski definition) is 3. The summed E-state index contributed by atoms with van der Waals surface area (Å²) in [6.07, 6.45) is 4.36. The van der Waals surface area contributed by atoms with Gasteiger partial charge in [-0.05, 0) is 35.8 Å². The Kier molecular flexibility index (Phi) is 4.96. The number of hydrogen-bond donors (Lipinski definition) is 1. The molecule has 1 N–H and O–H groups in total. The highest BCUT2D eigenvalue weighted by atomic mass is 35.5. The Morgan fingerprint density at radius 1 is 1.19 bits per heavy atom. The van der Waals surface area contributed by atoms with Crippen LogP contribution < -0.4 is 4.74 Å². The van der Waals surface area contributed by atoms with E-state index < -0.39 is 0 Å². The highest BCUT2D eigenvalue weighted by molar-refractivity contribution is 6.35. The van der Waals surface area contributed by atoms with Gasteiger partial charge in [0.1, 0.15) is 11.3 Å². The summed E-state index contributed by atoms with van der Waals surface area (Å²) in [5, 5.41) is 9.33. The molecular weight excluding hydrogens is 346 g/mol. The van der Waals surface area contributed by atoms with Gasteiger partial charge in [0.25, 0.3) is 0 Å². The van der Waals surface area contributed by atoms with Crippen molar-refractivity contribution in [3.8, 4) is 5.75 Å². The molecule has 4 nitrogen and oxygen atoms in total. The molecule has 1 aromatic heterocycles. The monoisotopic (exact) mass is 367 g/mol. The molecule has 0 radical (unpaired) electrons. The van der Waals surface area contributed by atoms with Gasteiger partial charge in [-0.2, -0.15) is 5.10 Å². The molecular formula is C21H22ClN3O. The number of fused-ring (bicyclic) bond motifs is 1. The van der Waals surface area contributed by atoms with Crippen LogP contribution in [-0.2, 0) is 6.42 Å². The van der Waals surface area contributed by atoms with Crippen LogP contribution >= 0.6 is 11.6 Å². The lowest BCUT2D eigenvalue weighted by molar-refractivity contribution is 0.305. The number of aromatic nitrogens is 2. The van der Waals surface area contributed by atoms with Crippen LogP contribution in [0.15, 0.2) is 48.5 Å². The lowest BCUT2D eigenvalue weighted by atomic mass is 9.99. The third-order valence-electron chi connectivity index (χ3n) is 5.05. The zero-order chi connectivity index (χ0) is 17.9. The summed E-state index contributed by atoms with van der Waals surface area (Å²) in [4.78, 5) is 2.48. The van der Waals surface area contributed by atoms with E-state index in [1.807, 2.05) is 24.3 Å². The predicted molar refractivity (Wildman–Crippen MR) is 107 cm³/mol. The van der Waals surface area contributed by atoms with E-state index >= 15 is 0 Å². The SMILES string of the molecule is COc1ccc(C2=CCN(CCc3[nH]nc4c(Cl)cccc34)CC2)cc1. The van der Waals surface area contributed by atoms with Crippen LogP contribution in [0.3, 0.4) is 0 Å². The molecule has 134 valence electrons. The maximum absolute atomic E-state index is 6.20. The van der Waals surface area contributed by atoms with E-state index in [1.54, 1.807) is 7.11 Å². The molecule has 3 aromatic rings. The fourth-order valence-corrected chi connectivity index (χ4v) is 3.71. The summed E-state index contributed by atoms with van der Waals surface area (Å²) in [6.45, 7) is 3.06. The van der Waals surface area contributed by atoms with Crippen LogP contribution in [0.5, 0.6) is 5.75 Å². The zero-order valence-electron chi connectivity index (χ0n) is 14.8. The average Bonchev–Trinajstić information content (AvgIpc) is 3.11. The van der Waals surface area contributed by atoms with Crippen molar-refractivity contribution < 1.29 is 4.74 Å². The summed E-state index contributed by atoms with van der Waals surface area (Å²) in [5.41, 5.74) is 4.74. The third kappa shape index (κ3) is 3.48. The van der Waals surface area contributed by atoms with Crippen molar-refractivity contribution in [2.45, 2.75) is 12.8 Å². The van der Waals surface area contributed by atoms with Gasteiger partial charge in [0, 0.05) is 37.1 Å². The van der Waals surface area contributed by atoms with Crippen molar-refractivity contribution in [2.75, 3.05) is 26.7 Å². The van der Waals surface area contributed by atoms with E-state index in [0.717, 1.165) is 54.8 Å². The number of ether oxygens (including phenoxy) is 1. The number of para-hydroxylation sites is 1. The predicted octanol–water partition coefficient (Wildman–Crippen LogP) is 4.56. The molecule has 4 rings (SSSR count). The quantitative estimate of drug-likeness (QED) is 0.718. The maximum Gasteiger partial charge on any atom is 0.118 e. The molecule has 0 fully saturated rings. The minimum Gasteiger partial charge on any atom is -0.497 e. The summed E-state index contributed by atoms with van der Waals surface area (Å²) >= 11 is 6.20. The van der Waals surface area contributed by atoms with Crippen molar-refractivity contribution in [3.63, 3.8) is 0 Å². The van der Waals surface area contributed by atoms with E-state index in [-0.39, 0.29) is 0 Å². The molecule has 0 saturated heterocycles. The lowest BCUT2D eigenvalue weighted by Gasteiger charge is -2.26. The molecule has 1 aliphatic rings. The van der Waals surface area contributed by atoms with Crippen LogP contribution in [0.4, 0.5) is 0 Å². The van der Waals surface area contributed by atoms with Gasteiger partial charge in [-0.15, -0.1) is 0 Å². The molecule has 0 atom stereocenters. The minimum absolute atomic E-state index is 0.704. The van der Waals surface area contributed by atoms with Crippen LogP contribution in [-0.4, -0.2) is 41.8 Å². The topological polar surface area (TPSA) is 41.1 Å². The Hall–Kier alpha value is -2.30. The van der Waals surface area contributed by atoms with Gasteiger partial charge in [-0.3, -0.25) is 10.00 Å². The fraction of sp³-hybridized carbons (Fsp3) is 0.286. The molecule has 5 heteroatoms. The Labute approximate surface area is 158 Å². The largest absolute Gasteiger partial charge is 0.497 e. The number of methoxy groups -OCH3 is 1. The Morgan fingerprint density at radius 2 is 2.04 bits per heavy atom. The first-order chi connectivity index (χ1) is 12.7. The van der Waals surface area contributed by atoms with Gasteiger partial charge in [0.05, 0.1) is 12.1 Å². The lowest BCUT2D eigenvalue weighted by Crippen LogP contribution is -2.30.